The minimum atomic E-state index is 0.583. The van der Waals surface area contributed by atoms with E-state index in [0.717, 1.165) is 33.3 Å². The Bertz CT molecular complexity index is 788. The number of thioether (sulfide) groups is 1. The maximum absolute atomic E-state index is 5.92. The number of H-pyrrole nitrogens is 1. The van der Waals surface area contributed by atoms with Crippen LogP contribution in [0.5, 0.6) is 5.75 Å². The molecule has 0 aliphatic carbocycles. The van der Waals surface area contributed by atoms with Gasteiger partial charge in [-0.2, -0.15) is 0 Å². The second kappa shape index (κ2) is 5.87. The molecule has 0 saturated carbocycles. The quantitative estimate of drug-likeness (QED) is 0.561. The first-order valence-electron chi connectivity index (χ1n) is 6.36. The number of ether oxygens (including phenoxy) is 1. The molecule has 21 heavy (non-hydrogen) atoms. The second-order valence-electron chi connectivity index (χ2n) is 4.57. The molecule has 0 spiro atoms. The van der Waals surface area contributed by atoms with Crippen molar-refractivity contribution >= 4 is 40.1 Å². The topological polar surface area (TPSA) is 63.9 Å². The van der Waals surface area contributed by atoms with Gasteiger partial charge in [-0.1, -0.05) is 29.4 Å². The Morgan fingerprint density at radius 1 is 1.29 bits per heavy atom. The molecule has 6 heteroatoms. The lowest BCUT2D eigenvalue weighted by Gasteiger charge is -2.02. The van der Waals surface area contributed by atoms with Crippen molar-refractivity contribution in [3.8, 4) is 5.75 Å². The van der Waals surface area contributed by atoms with E-state index in [1.54, 1.807) is 18.9 Å². The number of methoxy groups -OCH3 is 1. The number of fused-ring (bicyclic) bond motifs is 1. The van der Waals surface area contributed by atoms with Crippen LogP contribution in [-0.4, -0.2) is 17.1 Å². The van der Waals surface area contributed by atoms with E-state index in [-0.39, 0.29) is 0 Å². The molecule has 0 radical (unpaired) electrons. The molecule has 0 unspecified atom stereocenters. The molecule has 1 aromatic heterocycles. The fourth-order valence-electron chi connectivity index (χ4n) is 2.00. The van der Waals surface area contributed by atoms with Crippen LogP contribution < -0.4 is 10.5 Å². The molecule has 0 aliphatic heterocycles. The molecule has 0 aliphatic rings. The van der Waals surface area contributed by atoms with Gasteiger partial charge >= 0.3 is 0 Å². The summed E-state index contributed by atoms with van der Waals surface area (Å²) in [7, 11) is 1.65. The second-order valence-corrected chi connectivity index (χ2v) is 5.94. The van der Waals surface area contributed by atoms with Crippen LogP contribution in [0.4, 0.5) is 5.69 Å². The maximum Gasteiger partial charge on any atom is 0.166 e. The van der Waals surface area contributed by atoms with E-state index in [1.165, 1.54) is 0 Å². The Labute approximate surface area is 131 Å². The van der Waals surface area contributed by atoms with E-state index in [2.05, 4.69) is 9.97 Å². The molecule has 0 fully saturated rings. The normalized spacial score (nSPS) is 11.0. The zero-order valence-electron chi connectivity index (χ0n) is 11.4. The van der Waals surface area contributed by atoms with Gasteiger partial charge in [-0.25, -0.2) is 4.98 Å². The van der Waals surface area contributed by atoms with E-state index in [1.807, 2.05) is 36.4 Å². The predicted octanol–water partition coefficient (Wildman–Crippen LogP) is 4.10. The fourth-order valence-corrected chi connectivity index (χ4v) is 2.94. The third-order valence-corrected chi connectivity index (χ3v) is 4.39. The molecule has 4 nitrogen and oxygen atoms in total. The number of nitrogens with one attached hydrogen (secondary N) is 1. The summed E-state index contributed by atoms with van der Waals surface area (Å²) in [6, 6.07) is 11.5. The van der Waals surface area contributed by atoms with Crippen LogP contribution in [-0.2, 0) is 5.75 Å². The number of halogens is 1. The molecule has 0 amide bonds. The third-order valence-electron chi connectivity index (χ3n) is 3.10. The van der Waals surface area contributed by atoms with Crippen LogP contribution in [0.2, 0.25) is 5.02 Å². The van der Waals surface area contributed by atoms with Gasteiger partial charge in [0.1, 0.15) is 5.75 Å². The third kappa shape index (κ3) is 3.09. The van der Waals surface area contributed by atoms with Crippen molar-refractivity contribution in [2.24, 2.45) is 0 Å². The van der Waals surface area contributed by atoms with E-state index in [9.17, 15) is 0 Å². The lowest BCUT2D eigenvalue weighted by Crippen LogP contribution is -1.89. The Kier molecular flexibility index (Phi) is 3.94. The Hall–Kier alpha value is -1.85. The molecular weight excluding hydrogens is 306 g/mol. The summed E-state index contributed by atoms with van der Waals surface area (Å²) in [6.45, 7) is 0. The zero-order valence-corrected chi connectivity index (χ0v) is 13.0. The van der Waals surface area contributed by atoms with Gasteiger partial charge in [0, 0.05) is 11.8 Å². The first-order valence-corrected chi connectivity index (χ1v) is 7.72. The highest BCUT2D eigenvalue weighted by Gasteiger charge is 2.06. The van der Waals surface area contributed by atoms with E-state index >= 15 is 0 Å². The molecule has 108 valence electrons. The highest BCUT2D eigenvalue weighted by Crippen LogP contribution is 2.27. The van der Waals surface area contributed by atoms with Crippen LogP contribution in [0.3, 0.4) is 0 Å². The number of nitrogens with zero attached hydrogens (tertiary/aromatic N) is 1. The molecule has 1 heterocycles. The Morgan fingerprint density at radius 2 is 2.14 bits per heavy atom. The number of nitrogens with two attached hydrogens (primary N) is 1. The molecule has 2 aromatic carbocycles. The van der Waals surface area contributed by atoms with Gasteiger partial charge in [-0.15, -0.1) is 0 Å². The summed E-state index contributed by atoms with van der Waals surface area (Å²) >= 11 is 7.54. The van der Waals surface area contributed by atoms with Gasteiger partial charge < -0.3 is 15.5 Å². The summed E-state index contributed by atoms with van der Waals surface area (Å²) in [5, 5.41) is 1.45. The molecular formula is C15H14ClN3OS. The minimum absolute atomic E-state index is 0.583. The summed E-state index contributed by atoms with van der Waals surface area (Å²) in [5.41, 5.74) is 9.41. The van der Waals surface area contributed by atoms with Crippen molar-refractivity contribution in [2.75, 3.05) is 12.8 Å². The fraction of sp³-hybridized carbons (Fsp3) is 0.133. The monoisotopic (exact) mass is 319 g/mol. The highest BCUT2D eigenvalue weighted by molar-refractivity contribution is 7.98. The van der Waals surface area contributed by atoms with Gasteiger partial charge in [0.2, 0.25) is 0 Å². The van der Waals surface area contributed by atoms with Gasteiger partial charge in [0.05, 0.1) is 28.9 Å². The summed E-state index contributed by atoms with van der Waals surface area (Å²) < 4.78 is 5.20. The highest BCUT2D eigenvalue weighted by atomic mass is 35.5. The summed E-state index contributed by atoms with van der Waals surface area (Å²) in [4.78, 5) is 7.82. The smallest absolute Gasteiger partial charge is 0.166 e. The minimum Gasteiger partial charge on any atom is -0.497 e. The average Bonchev–Trinajstić information content (AvgIpc) is 2.90. The number of anilines is 1. The van der Waals surface area contributed by atoms with Crippen molar-refractivity contribution in [1.82, 2.24) is 9.97 Å². The largest absolute Gasteiger partial charge is 0.497 e. The predicted molar refractivity (Wildman–Crippen MR) is 88.1 cm³/mol. The van der Waals surface area contributed by atoms with Crippen LogP contribution in [0.25, 0.3) is 11.0 Å². The number of imidazole rings is 1. The van der Waals surface area contributed by atoms with Gasteiger partial charge in [-0.05, 0) is 29.8 Å². The number of rotatable bonds is 4. The maximum atomic E-state index is 5.92. The molecule has 0 atom stereocenters. The lowest BCUT2D eigenvalue weighted by atomic mass is 10.2. The number of hydrogen-bond donors (Lipinski definition) is 2. The van der Waals surface area contributed by atoms with E-state index in [4.69, 9.17) is 22.1 Å². The SMILES string of the molecule is COc1ccc2nc(SCc3ccc(Cl)c(N)c3)[nH]c2c1. The first kappa shape index (κ1) is 14.1. The zero-order chi connectivity index (χ0) is 14.8. The van der Waals surface area contributed by atoms with Gasteiger partial charge in [-0.3, -0.25) is 0 Å². The van der Waals surface area contributed by atoms with Crippen molar-refractivity contribution in [3.05, 3.63) is 47.0 Å². The van der Waals surface area contributed by atoms with Gasteiger partial charge in [0.15, 0.2) is 5.16 Å². The van der Waals surface area contributed by atoms with Crippen LogP contribution in [0.1, 0.15) is 5.56 Å². The Balaban J connectivity index is 1.76. The van der Waals surface area contributed by atoms with E-state index in [0.29, 0.717) is 10.7 Å². The number of aromatic amines is 1. The summed E-state index contributed by atoms with van der Waals surface area (Å²) in [5.74, 6) is 1.59. The summed E-state index contributed by atoms with van der Waals surface area (Å²) in [6.07, 6.45) is 0. The number of benzene rings is 2. The van der Waals surface area contributed by atoms with Gasteiger partial charge in [0.25, 0.3) is 0 Å². The van der Waals surface area contributed by atoms with E-state index < -0.39 is 0 Å². The molecule has 0 bridgehead atoms. The van der Waals surface area contributed by atoms with Crippen LogP contribution in [0.15, 0.2) is 41.6 Å². The number of hydrogen-bond acceptors (Lipinski definition) is 4. The van der Waals surface area contributed by atoms with Crippen molar-refractivity contribution in [1.29, 1.82) is 0 Å². The first-order chi connectivity index (χ1) is 10.2. The lowest BCUT2D eigenvalue weighted by molar-refractivity contribution is 0.415. The number of aromatic nitrogens is 2. The van der Waals surface area contributed by atoms with Crippen molar-refractivity contribution < 1.29 is 4.74 Å². The Morgan fingerprint density at radius 3 is 2.90 bits per heavy atom. The van der Waals surface area contributed by atoms with Crippen molar-refractivity contribution in [2.45, 2.75) is 10.9 Å². The average molecular weight is 320 g/mol. The van der Waals surface area contributed by atoms with Crippen molar-refractivity contribution in [3.63, 3.8) is 0 Å². The van der Waals surface area contributed by atoms with Crippen LogP contribution in [0, 0.1) is 0 Å². The standard InChI is InChI=1S/C15H14ClN3OS/c1-20-10-3-5-13-14(7-10)19-15(18-13)21-8-9-2-4-11(16)12(17)6-9/h2-7H,8,17H2,1H3,(H,18,19). The molecule has 0 saturated heterocycles. The molecule has 3 rings (SSSR count). The molecule has 3 N–H and O–H groups in total. The van der Waals surface area contributed by atoms with Crippen LogP contribution >= 0.6 is 23.4 Å². The molecule has 3 aromatic rings. The number of nitrogen functional groups attached to an aromatic ring is 1.